The Hall–Kier alpha value is -1.85. The highest BCUT2D eigenvalue weighted by Crippen LogP contribution is 2.20. The summed E-state index contributed by atoms with van der Waals surface area (Å²) in [7, 11) is 1.85. The quantitative estimate of drug-likeness (QED) is 0.945. The van der Waals surface area contributed by atoms with Crippen molar-refractivity contribution in [2.75, 3.05) is 20.1 Å². The molecular formula is C16H19ClN4O. The number of halogens is 1. The van der Waals surface area contributed by atoms with Crippen molar-refractivity contribution >= 4 is 17.5 Å². The van der Waals surface area contributed by atoms with E-state index in [4.69, 9.17) is 11.6 Å². The summed E-state index contributed by atoms with van der Waals surface area (Å²) in [5.41, 5.74) is 1.22. The third-order valence-electron chi connectivity index (χ3n) is 4.08. The minimum absolute atomic E-state index is 0.0438. The summed E-state index contributed by atoms with van der Waals surface area (Å²) < 4.78 is 1.64. The van der Waals surface area contributed by atoms with Crippen LogP contribution in [0.2, 0.25) is 5.02 Å². The van der Waals surface area contributed by atoms with Crippen LogP contribution in [0.4, 0.5) is 0 Å². The normalized spacial score (nSPS) is 15.7. The molecule has 0 atom stereocenters. The van der Waals surface area contributed by atoms with Crippen molar-refractivity contribution < 1.29 is 4.79 Å². The number of benzene rings is 1. The monoisotopic (exact) mass is 318 g/mol. The summed E-state index contributed by atoms with van der Waals surface area (Å²) in [5.74, 6) is -0.0438. The Kier molecular flexibility index (Phi) is 4.45. The molecule has 116 valence electrons. The molecule has 1 saturated heterocycles. The lowest BCUT2D eigenvalue weighted by Crippen LogP contribution is -2.44. The van der Waals surface area contributed by atoms with Crippen LogP contribution in [0.5, 0.6) is 0 Å². The van der Waals surface area contributed by atoms with Gasteiger partial charge in [0.05, 0.1) is 10.7 Å². The number of hydrogen-bond donors (Lipinski definition) is 1. The molecule has 1 fully saturated rings. The first-order valence-corrected chi connectivity index (χ1v) is 7.83. The first-order valence-electron chi connectivity index (χ1n) is 7.45. The topological polar surface area (TPSA) is 50.2 Å². The van der Waals surface area contributed by atoms with E-state index in [1.807, 2.05) is 25.2 Å². The number of rotatable bonds is 3. The molecule has 6 heteroatoms. The first kappa shape index (κ1) is 15.1. The number of piperidine rings is 1. The van der Waals surface area contributed by atoms with Crippen LogP contribution >= 0.6 is 11.6 Å². The zero-order chi connectivity index (χ0) is 15.5. The molecule has 22 heavy (non-hydrogen) atoms. The first-order chi connectivity index (χ1) is 10.7. The molecule has 0 bridgehead atoms. The van der Waals surface area contributed by atoms with Gasteiger partial charge >= 0.3 is 0 Å². The molecule has 0 radical (unpaired) electrons. The van der Waals surface area contributed by atoms with Gasteiger partial charge in [0.1, 0.15) is 0 Å². The molecule has 1 N–H and O–H groups in total. The van der Waals surface area contributed by atoms with Crippen molar-refractivity contribution in [3.05, 3.63) is 47.2 Å². The van der Waals surface area contributed by atoms with Crippen molar-refractivity contribution in [3.63, 3.8) is 0 Å². The molecule has 1 aromatic heterocycles. The van der Waals surface area contributed by atoms with Gasteiger partial charge in [0.15, 0.2) is 5.69 Å². The molecule has 1 aliphatic heterocycles. The van der Waals surface area contributed by atoms with Crippen LogP contribution in [0.1, 0.15) is 23.3 Å². The maximum Gasteiger partial charge on any atom is 0.274 e. The van der Waals surface area contributed by atoms with Crippen LogP contribution in [-0.2, 0) is 0 Å². The average Bonchev–Trinajstić information content (AvgIpc) is 3.04. The standard InChI is InChI=1S/C16H19ClN4O/c1-20(12-6-9-18-10-7-12)16(22)14-8-11-21(19-14)15-5-3-2-4-13(15)17/h2-5,8,11-12,18H,6-7,9-10H2,1H3. The second-order valence-electron chi connectivity index (χ2n) is 5.49. The second kappa shape index (κ2) is 6.50. The zero-order valence-corrected chi connectivity index (χ0v) is 13.3. The van der Waals surface area contributed by atoms with E-state index in [9.17, 15) is 4.79 Å². The Morgan fingerprint density at radius 1 is 1.32 bits per heavy atom. The van der Waals surface area contributed by atoms with Crippen molar-refractivity contribution in [2.45, 2.75) is 18.9 Å². The molecule has 0 unspecified atom stereocenters. The lowest BCUT2D eigenvalue weighted by Gasteiger charge is -2.31. The Morgan fingerprint density at radius 2 is 2.05 bits per heavy atom. The van der Waals surface area contributed by atoms with Crippen molar-refractivity contribution in [3.8, 4) is 5.69 Å². The second-order valence-corrected chi connectivity index (χ2v) is 5.90. The Morgan fingerprint density at radius 3 is 2.77 bits per heavy atom. The van der Waals surface area contributed by atoms with E-state index in [-0.39, 0.29) is 11.9 Å². The molecule has 2 heterocycles. The lowest BCUT2D eigenvalue weighted by molar-refractivity contribution is 0.0697. The van der Waals surface area contributed by atoms with Gasteiger partial charge in [-0.05, 0) is 44.1 Å². The molecular weight excluding hydrogens is 300 g/mol. The lowest BCUT2D eigenvalue weighted by atomic mass is 10.1. The van der Waals surface area contributed by atoms with Crippen molar-refractivity contribution in [1.29, 1.82) is 0 Å². The Labute approximate surface area is 134 Å². The van der Waals surface area contributed by atoms with E-state index in [1.165, 1.54) is 0 Å². The van der Waals surface area contributed by atoms with Crippen LogP contribution < -0.4 is 5.32 Å². The third kappa shape index (κ3) is 3.00. The molecule has 0 saturated carbocycles. The van der Waals surface area contributed by atoms with Crippen LogP contribution in [0.15, 0.2) is 36.5 Å². The van der Waals surface area contributed by atoms with Gasteiger partial charge in [-0.2, -0.15) is 5.10 Å². The third-order valence-corrected chi connectivity index (χ3v) is 4.40. The highest BCUT2D eigenvalue weighted by molar-refractivity contribution is 6.32. The van der Waals surface area contributed by atoms with E-state index >= 15 is 0 Å². The minimum atomic E-state index is -0.0438. The number of para-hydroxylation sites is 1. The molecule has 0 spiro atoms. The molecule has 1 aliphatic rings. The van der Waals surface area contributed by atoms with Gasteiger partial charge in [-0.1, -0.05) is 23.7 Å². The van der Waals surface area contributed by atoms with Gasteiger partial charge in [0, 0.05) is 19.3 Å². The van der Waals surface area contributed by atoms with Gasteiger partial charge in [0.25, 0.3) is 5.91 Å². The number of carbonyl (C=O) groups excluding carboxylic acids is 1. The van der Waals surface area contributed by atoms with Crippen LogP contribution in [0.3, 0.4) is 0 Å². The zero-order valence-electron chi connectivity index (χ0n) is 12.5. The molecule has 2 aromatic rings. The summed E-state index contributed by atoms with van der Waals surface area (Å²) in [6, 6.07) is 9.46. The van der Waals surface area contributed by atoms with E-state index in [0.717, 1.165) is 31.6 Å². The highest BCUT2D eigenvalue weighted by Gasteiger charge is 2.24. The Bertz CT molecular complexity index is 664. The fourth-order valence-corrected chi connectivity index (χ4v) is 2.97. The molecule has 1 aromatic carbocycles. The smallest absolute Gasteiger partial charge is 0.274 e. The molecule has 3 rings (SSSR count). The highest BCUT2D eigenvalue weighted by atomic mass is 35.5. The van der Waals surface area contributed by atoms with Gasteiger partial charge < -0.3 is 10.2 Å². The van der Waals surface area contributed by atoms with E-state index in [1.54, 1.807) is 27.9 Å². The van der Waals surface area contributed by atoms with E-state index in [0.29, 0.717) is 10.7 Å². The van der Waals surface area contributed by atoms with Crippen molar-refractivity contribution in [1.82, 2.24) is 20.0 Å². The fraction of sp³-hybridized carbons (Fsp3) is 0.375. The van der Waals surface area contributed by atoms with Gasteiger partial charge in [-0.15, -0.1) is 0 Å². The number of hydrogen-bond acceptors (Lipinski definition) is 3. The molecule has 5 nitrogen and oxygen atoms in total. The predicted molar refractivity (Wildman–Crippen MR) is 86.6 cm³/mol. The van der Waals surface area contributed by atoms with Crippen LogP contribution in [0, 0.1) is 0 Å². The number of nitrogens with one attached hydrogen (secondary N) is 1. The number of nitrogens with zero attached hydrogens (tertiary/aromatic N) is 3. The maximum absolute atomic E-state index is 12.6. The summed E-state index contributed by atoms with van der Waals surface area (Å²) in [4.78, 5) is 14.4. The molecule has 0 aliphatic carbocycles. The SMILES string of the molecule is CN(C(=O)c1ccn(-c2ccccc2Cl)n1)C1CCNCC1. The molecule has 1 amide bonds. The van der Waals surface area contributed by atoms with Crippen LogP contribution in [0.25, 0.3) is 5.69 Å². The Balaban J connectivity index is 1.78. The van der Waals surface area contributed by atoms with Gasteiger partial charge in [0.2, 0.25) is 0 Å². The van der Waals surface area contributed by atoms with Crippen LogP contribution in [-0.4, -0.2) is 46.8 Å². The largest absolute Gasteiger partial charge is 0.337 e. The summed E-state index contributed by atoms with van der Waals surface area (Å²) >= 11 is 6.17. The van der Waals surface area contributed by atoms with Crippen molar-refractivity contribution in [2.24, 2.45) is 0 Å². The number of carbonyl (C=O) groups is 1. The van der Waals surface area contributed by atoms with E-state index in [2.05, 4.69) is 10.4 Å². The van der Waals surface area contributed by atoms with Gasteiger partial charge in [-0.3, -0.25) is 4.79 Å². The maximum atomic E-state index is 12.6. The van der Waals surface area contributed by atoms with E-state index < -0.39 is 0 Å². The van der Waals surface area contributed by atoms with Gasteiger partial charge in [-0.25, -0.2) is 4.68 Å². The number of amides is 1. The fourth-order valence-electron chi connectivity index (χ4n) is 2.75. The summed E-state index contributed by atoms with van der Waals surface area (Å²) in [5, 5.41) is 8.30. The average molecular weight is 319 g/mol. The number of aromatic nitrogens is 2. The summed E-state index contributed by atoms with van der Waals surface area (Å²) in [6.07, 6.45) is 3.73. The minimum Gasteiger partial charge on any atom is -0.337 e. The summed E-state index contributed by atoms with van der Waals surface area (Å²) in [6.45, 7) is 1.91. The predicted octanol–water partition coefficient (Wildman–Crippen LogP) is 2.35.